The Kier molecular flexibility index (Phi) is 8.44. The minimum absolute atomic E-state index is 0.159. The molecule has 1 aliphatic carbocycles. The van der Waals surface area contributed by atoms with Crippen molar-refractivity contribution in [2.24, 2.45) is 5.92 Å². The van der Waals surface area contributed by atoms with E-state index in [1.165, 1.54) is 17.6 Å². The molecule has 35 heavy (non-hydrogen) atoms. The molecule has 2 atom stereocenters. The van der Waals surface area contributed by atoms with Crippen LogP contribution in [0.4, 0.5) is 10.9 Å². The molecule has 0 bridgehead atoms. The first-order valence-electron chi connectivity index (χ1n) is 11.5. The van der Waals surface area contributed by atoms with Gasteiger partial charge in [-0.25, -0.2) is 0 Å². The molecule has 3 aromatic heterocycles. The first-order valence-corrected chi connectivity index (χ1v) is 12.3. The average molecular weight is 494 g/mol. The highest BCUT2D eigenvalue weighted by Crippen LogP contribution is 2.41. The van der Waals surface area contributed by atoms with Crippen LogP contribution >= 0.6 is 11.3 Å². The van der Waals surface area contributed by atoms with E-state index in [0.717, 1.165) is 36.4 Å². The summed E-state index contributed by atoms with van der Waals surface area (Å²) in [6, 6.07) is 9.16. The summed E-state index contributed by atoms with van der Waals surface area (Å²) in [7, 11) is 0. The van der Waals surface area contributed by atoms with E-state index < -0.39 is 0 Å². The second-order valence-corrected chi connectivity index (χ2v) is 9.33. The quantitative estimate of drug-likeness (QED) is 0.306. The second kappa shape index (κ2) is 12.1. The Morgan fingerprint density at radius 2 is 1.97 bits per heavy atom. The van der Waals surface area contributed by atoms with Gasteiger partial charge in [0.1, 0.15) is 5.01 Å². The van der Waals surface area contributed by atoms with E-state index in [-0.39, 0.29) is 31.3 Å². The van der Waals surface area contributed by atoms with E-state index in [9.17, 15) is 9.59 Å². The zero-order chi connectivity index (χ0) is 24.5. The van der Waals surface area contributed by atoms with E-state index in [1.54, 1.807) is 12.3 Å². The van der Waals surface area contributed by atoms with Crippen LogP contribution in [0.3, 0.4) is 0 Å². The molecule has 0 aliphatic heterocycles. The number of hydrogen-bond acceptors (Lipinski definition) is 9. The third kappa shape index (κ3) is 7.38. The second-order valence-electron chi connectivity index (χ2n) is 8.32. The highest BCUT2D eigenvalue weighted by Gasteiger charge is 2.29. The van der Waals surface area contributed by atoms with Crippen LogP contribution in [0, 0.1) is 5.92 Å². The Balaban J connectivity index is 1.22. The van der Waals surface area contributed by atoms with Crippen LogP contribution in [0.15, 0.2) is 49.4 Å². The smallest absolute Gasteiger partial charge is 0.231 e. The van der Waals surface area contributed by atoms with Crippen molar-refractivity contribution in [3.63, 3.8) is 0 Å². The van der Waals surface area contributed by atoms with E-state index >= 15 is 0 Å². The van der Waals surface area contributed by atoms with Gasteiger partial charge in [-0.2, -0.15) is 5.10 Å². The fourth-order valence-corrected chi connectivity index (χ4v) is 4.94. The zero-order valence-electron chi connectivity index (χ0n) is 19.2. The van der Waals surface area contributed by atoms with E-state index in [1.807, 2.05) is 24.3 Å². The van der Waals surface area contributed by atoms with Crippen molar-refractivity contribution in [1.29, 1.82) is 0 Å². The van der Waals surface area contributed by atoms with Crippen LogP contribution in [0.1, 0.15) is 48.0 Å². The summed E-state index contributed by atoms with van der Waals surface area (Å²) < 4.78 is 4.97. The molecule has 0 radical (unpaired) electrons. The van der Waals surface area contributed by atoms with E-state index in [4.69, 9.17) is 4.74 Å². The lowest BCUT2D eigenvalue weighted by molar-refractivity contribution is -0.117. The fourth-order valence-electron chi connectivity index (χ4n) is 4.04. The number of anilines is 2. The monoisotopic (exact) mass is 493 g/mol. The van der Waals surface area contributed by atoms with Crippen LogP contribution < -0.4 is 10.6 Å². The van der Waals surface area contributed by atoms with Gasteiger partial charge in [0.2, 0.25) is 16.9 Å². The lowest BCUT2D eigenvalue weighted by atomic mass is 10.00. The molecule has 0 aromatic carbocycles. The van der Waals surface area contributed by atoms with Crippen molar-refractivity contribution in [2.75, 3.05) is 17.2 Å². The van der Waals surface area contributed by atoms with Crippen molar-refractivity contribution >= 4 is 34.1 Å². The molecule has 0 saturated heterocycles. The van der Waals surface area contributed by atoms with Gasteiger partial charge in [-0.15, -0.1) is 15.3 Å². The molecule has 3 aromatic rings. The number of hydrogen-bond donors (Lipinski definition) is 2. The molecular formula is C24H27N7O3S. The predicted octanol–water partition coefficient (Wildman–Crippen LogP) is 3.52. The van der Waals surface area contributed by atoms with Crippen molar-refractivity contribution < 1.29 is 14.3 Å². The van der Waals surface area contributed by atoms with E-state index in [2.05, 4.69) is 42.6 Å². The van der Waals surface area contributed by atoms with Gasteiger partial charge in [0, 0.05) is 17.8 Å². The number of aromatic nitrogens is 5. The maximum atomic E-state index is 12.2. The molecule has 2 amide bonds. The lowest BCUT2D eigenvalue weighted by Crippen LogP contribution is -2.16. The van der Waals surface area contributed by atoms with Gasteiger partial charge in [-0.1, -0.05) is 24.0 Å². The minimum Gasteiger partial charge on any atom is -0.501 e. The third-order valence-corrected chi connectivity index (χ3v) is 6.70. The normalized spacial score (nSPS) is 17.0. The molecular weight excluding hydrogens is 466 g/mol. The number of carbonyl (C=O) groups excluding carboxylic acids is 2. The number of amides is 2. The van der Waals surface area contributed by atoms with Crippen LogP contribution in [-0.4, -0.2) is 43.8 Å². The number of nitrogens with zero attached hydrogens (tertiary/aromatic N) is 5. The van der Waals surface area contributed by atoms with Crippen molar-refractivity contribution in [2.45, 2.75) is 44.4 Å². The minimum atomic E-state index is -0.179. The first-order chi connectivity index (χ1) is 17.1. The molecule has 0 spiro atoms. The predicted molar refractivity (Wildman–Crippen MR) is 132 cm³/mol. The molecule has 1 saturated carbocycles. The summed E-state index contributed by atoms with van der Waals surface area (Å²) in [4.78, 5) is 28.2. The maximum absolute atomic E-state index is 12.2. The number of ether oxygens (including phenoxy) is 1. The van der Waals surface area contributed by atoms with Crippen LogP contribution in [-0.2, 0) is 27.2 Å². The van der Waals surface area contributed by atoms with Gasteiger partial charge in [-0.3, -0.25) is 14.6 Å². The Morgan fingerprint density at radius 1 is 1.06 bits per heavy atom. The maximum Gasteiger partial charge on any atom is 0.231 e. The Labute approximate surface area is 207 Å². The number of rotatable bonds is 11. The summed E-state index contributed by atoms with van der Waals surface area (Å²) in [6.07, 6.45) is 7.29. The summed E-state index contributed by atoms with van der Waals surface area (Å²) in [5.41, 5.74) is 1.60. The van der Waals surface area contributed by atoms with Gasteiger partial charge in [0.15, 0.2) is 5.82 Å². The molecule has 3 heterocycles. The van der Waals surface area contributed by atoms with Crippen molar-refractivity contribution in [3.8, 4) is 0 Å². The average Bonchev–Trinajstić information content (AvgIpc) is 3.51. The zero-order valence-corrected chi connectivity index (χ0v) is 20.0. The Bertz CT molecular complexity index is 1140. The summed E-state index contributed by atoms with van der Waals surface area (Å²) >= 11 is 1.43. The van der Waals surface area contributed by atoms with Crippen LogP contribution in [0.2, 0.25) is 0 Å². The molecule has 0 unspecified atom stereocenters. The Hall–Kier alpha value is -3.73. The van der Waals surface area contributed by atoms with Gasteiger partial charge in [0.05, 0.1) is 31.4 Å². The van der Waals surface area contributed by atoms with E-state index in [0.29, 0.717) is 28.5 Å². The topological polar surface area (TPSA) is 132 Å². The molecule has 10 nitrogen and oxygen atoms in total. The standard InChI is InChI=1S/C24H27N7O3S/c1-2-34-12-10-21(32)27-24-31-30-23(35-24)17-7-6-16(13-17)14-19-8-9-20(29-28-19)26-22(33)15-18-5-3-4-11-25-18/h2-5,8-9,11,16-17H,1,6-7,10,12-15H2,(H,26,29,33)(H,27,31,32)/t16-,17+/m1/s1. The lowest BCUT2D eigenvalue weighted by Gasteiger charge is -2.09. The molecule has 1 aliphatic rings. The fraction of sp³-hybridized carbons (Fsp3) is 0.375. The highest BCUT2D eigenvalue weighted by molar-refractivity contribution is 7.15. The molecule has 182 valence electrons. The summed E-state index contributed by atoms with van der Waals surface area (Å²) in [5, 5.41) is 23.9. The SMILES string of the molecule is C=COCCC(=O)Nc1nnc([C@H]2CC[C@@H](Cc3ccc(NC(=O)Cc4ccccn4)nn3)C2)s1. The summed E-state index contributed by atoms with van der Waals surface area (Å²) in [5.74, 6) is 0.886. The van der Waals surface area contributed by atoms with Crippen molar-refractivity contribution in [1.82, 2.24) is 25.4 Å². The van der Waals surface area contributed by atoms with Gasteiger partial charge in [0.25, 0.3) is 0 Å². The van der Waals surface area contributed by atoms with Gasteiger partial charge in [-0.05, 0) is 55.9 Å². The summed E-state index contributed by atoms with van der Waals surface area (Å²) in [6.45, 7) is 3.73. The van der Waals surface area contributed by atoms with Gasteiger partial charge < -0.3 is 15.4 Å². The highest BCUT2D eigenvalue weighted by atomic mass is 32.1. The molecule has 11 heteroatoms. The Morgan fingerprint density at radius 3 is 2.74 bits per heavy atom. The van der Waals surface area contributed by atoms with Crippen LogP contribution in [0.5, 0.6) is 0 Å². The van der Waals surface area contributed by atoms with Crippen molar-refractivity contribution in [3.05, 3.63) is 65.8 Å². The third-order valence-electron chi connectivity index (χ3n) is 5.70. The number of carbonyl (C=O) groups is 2. The molecule has 2 N–H and O–H groups in total. The number of nitrogens with one attached hydrogen (secondary N) is 2. The largest absolute Gasteiger partial charge is 0.501 e. The molecule has 4 rings (SSSR count). The van der Waals surface area contributed by atoms with Crippen LogP contribution in [0.25, 0.3) is 0 Å². The van der Waals surface area contributed by atoms with Gasteiger partial charge >= 0.3 is 0 Å². The number of pyridine rings is 1. The molecule has 1 fully saturated rings. The first kappa shape index (κ1) is 24.4.